The average Bonchev–Trinajstić information content (AvgIpc) is 2.45. The van der Waals surface area contributed by atoms with Crippen LogP contribution in [-0.2, 0) is 0 Å². The van der Waals surface area contributed by atoms with Crippen molar-refractivity contribution in [2.45, 2.75) is 20.8 Å². The van der Waals surface area contributed by atoms with Gasteiger partial charge in [0.15, 0.2) is 0 Å². The number of hydrogen-bond donors (Lipinski definition) is 2. The molecule has 0 atom stereocenters. The summed E-state index contributed by atoms with van der Waals surface area (Å²) in [5.41, 5.74) is 2.31. The van der Waals surface area contributed by atoms with E-state index in [0.717, 1.165) is 42.0 Å². The normalized spacial score (nSPS) is 11.6. The molecule has 0 aliphatic rings. The molecule has 0 saturated heterocycles. The Bertz CT molecular complexity index is 590. The Kier molecular flexibility index (Phi) is 5.02. The van der Waals surface area contributed by atoms with Crippen molar-refractivity contribution in [3.63, 3.8) is 0 Å². The standard InChI is InChI=1S/C17H25N3O/c1-17(2,3)12-18-8-9-19-15-11-14(21-4)10-13-6-5-7-20-16(13)15/h5-7,10-11,18-19H,8-9,12H2,1-4H3. The third kappa shape index (κ3) is 4.60. The molecule has 1 aromatic carbocycles. The van der Waals surface area contributed by atoms with Crippen molar-refractivity contribution in [2.24, 2.45) is 5.41 Å². The van der Waals surface area contributed by atoms with Crippen LogP contribution in [0, 0.1) is 5.41 Å². The Hall–Kier alpha value is -1.81. The van der Waals surface area contributed by atoms with Gasteiger partial charge < -0.3 is 15.4 Å². The molecule has 0 fully saturated rings. The molecule has 0 saturated carbocycles. The van der Waals surface area contributed by atoms with Gasteiger partial charge in [0.1, 0.15) is 5.75 Å². The van der Waals surface area contributed by atoms with Crippen molar-refractivity contribution in [3.05, 3.63) is 30.5 Å². The van der Waals surface area contributed by atoms with Crippen LogP contribution < -0.4 is 15.4 Å². The largest absolute Gasteiger partial charge is 0.497 e. The summed E-state index contributed by atoms with van der Waals surface area (Å²) >= 11 is 0. The molecule has 1 heterocycles. The predicted molar refractivity (Wildman–Crippen MR) is 89.1 cm³/mol. The van der Waals surface area contributed by atoms with E-state index in [4.69, 9.17) is 4.74 Å². The smallest absolute Gasteiger partial charge is 0.121 e. The van der Waals surface area contributed by atoms with Gasteiger partial charge in [-0.05, 0) is 17.5 Å². The van der Waals surface area contributed by atoms with Crippen LogP contribution in [0.1, 0.15) is 20.8 Å². The third-order valence-corrected chi connectivity index (χ3v) is 3.19. The zero-order valence-electron chi connectivity index (χ0n) is 13.4. The topological polar surface area (TPSA) is 46.2 Å². The number of anilines is 1. The first-order valence-corrected chi connectivity index (χ1v) is 7.37. The van der Waals surface area contributed by atoms with E-state index >= 15 is 0 Å². The van der Waals surface area contributed by atoms with Crippen LogP contribution in [-0.4, -0.2) is 31.7 Å². The minimum atomic E-state index is 0.310. The number of nitrogens with one attached hydrogen (secondary N) is 2. The number of hydrogen-bond acceptors (Lipinski definition) is 4. The SMILES string of the molecule is COc1cc(NCCNCC(C)(C)C)c2ncccc2c1. The summed E-state index contributed by atoms with van der Waals surface area (Å²) in [6.07, 6.45) is 1.82. The zero-order valence-corrected chi connectivity index (χ0v) is 13.4. The Morgan fingerprint density at radius 3 is 2.71 bits per heavy atom. The Balaban J connectivity index is 2.01. The lowest BCUT2D eigenvalue weighted by molar-refractivity contribution is 0.384. The van der Waals surface area contributed by atoms with E-state index in [1.54, 1.807) is 7.11 Å². The van der Waals surface area contributed by atoms with E-state index in [1.165, 1.54) is 0 Å². The number of methoxy groups -OCH3 is 1. The van der Waals surface area contributed by atoms with Gasteiger partial charge >= 0.3 is 0 Å². The molecule has 4 nitrogen and oxygen atoms in total. The van der Waals surface area contributed by atoms with Crippen LogP contribution in [0.25, 0.3) is 10.9 Å². The molecule has 0 spiro atoms. The van der Waals surface area contributed by atoms with Gasteiger partial charge in [-0.3, -0.25) is 4.98 Å². The highest BCUT2D eigenvalue weighted by Gasteiger charge is 2.09. The Morgan fingerprint density at radius 1 is 1.19 bits per heavy atom. The van der Waals surface area contributed by atoms with Gasteiger partial charge in [0.05, 0.1) is 18.3 Å². The van der Waals surface area contributed by atoms with Crippen molar-refractivity contribution in [1.29, 1.82) is 0 Å². The van der Waals surface area contributed by atoms with E-state index in [1.807, 2.05) is 30.5 Å². The number of nitrogens with zero attached hydrogens (tertiary/aromatic N) is 1. The lowest BCUT2D eigenvalue weighted by Crippen LogP contribution is -2.30. The van der Waals surface area contributed by atoms with Crippen LogP contribution in [0.15, 0.2) is 30.5 Å². The molecule has 0 bridgehead atoms. The molecular weight excluding hydrogens is 262 g/mol. The van der Waals surface area contributed by atoms with Crippen molar-refractivity contribution >= 4 is 16.6 Å². The van der Waals surface area contributed by atoms with Crippen LogP contribution >= 0.6 is 0 Å². The monoisotopic (exact) mass is 287 g/mol. The first-order valence-electron chi connectivity index (χ1n) is 7.37. The second-order valence-corrected chi connectivity index (χ2v) is 6.41. The Morgan fingerprint density at radius 2 is 2.00 bits per heavy atom. The number of ether oxygens (including phenoxy) is 1. The number of benzene rings is 1. The van der Waals surface area contributed by atoms with Gasteiger partial charge in [0, 0.05) is 37.3 Å². The van der Waals surface area contributed by atoms with E-state index in [9.17, 15) is 0 Å². The number of fused-ring (bicyclic) bond motifs is 1. The van der Waals surface area contributed by atoms with E-state index in [2.05, 4.69) is 36.4 Å². The van der Waals surface area contributed by atoms with Crippen molar-refractivity contribution in [1.82, 2.24) is 10.3 Å². The van der Waals surface area contributed by atoms with Crippen molar-refractivity contribution < 1.29 is 4.74 Å². The van der Waals surface area contributed by atoms with Gasteiger partial charge in [-0.15, -0.1) is 0 Å². The van der Waals surface area contributed by atoms with Gasteiger partial charge in [-0.2, -0.15) is 0 Å². The average molecular weight is 287 g/mol. The van der Waals surface area contributed by atoms with Gasteiger partial charge in [-0.25, -0.2) is 0 Å². The molecule has 0 aliphatic carbocycles. The molecule has 0 radical (unpaired) electrons. The molecule has 2 aromatic rings. The maximum Gasteiger partial charge on any atom is 0.121 e. The fraction of sp³-hybridized carbons (Fsp3) is 0.471. The van der Waals surface area contributed by atoms with Gasteiger partial charge in [-0.1, -0.05) is 26.8 Å². The van der Waals surface area contributed by atoms with Gasteiger partial charge in [0.25, 0.3) is 0 Å². The molecule has 21 heavy (non-hydrogen) atoms. The summed E-state index contributed by atoms with van der Waals surface area (Å²) in [5.74, 6) is 0.848. The second kappa shape index (κ2) is 6.76. The zero-order chi connectivity index (χ0) is 15.3. The highest BCUT2D eigenvalue weighted by molar-refractivity contribution is 5.91. The summed E-state index contributed by atoms with van der Waals surface area (Å²) in [7, 11) is 1.69. The number of rotatable bonds is 6. The van der Waals surface area contributed by atoms with Gasteiger partial charge in [0.2, 0.25) is 0 Å². The number of aromatic nitrogens is 1. The highest BCUT2D eigenvalue weighted by atomic mass is 16.5. The lowest BCUT2D eigenvalue weighted by atomic mass is 9.97. The summed E-state index contributed by atoms with van der Waals surface area (Å²) in [5, 5.41) is 7.99. The molecule has 2 rings (SSSR count). The van der Waals surface area contributed by atoms with Crippen LogP contribution in [0.3, 0.4) is 0 Å². The number of pyridine rings is 1. The van der Waals surface area contributed by atoms with E-state index in [-0.39, 0.29) is 0 Å². The quantitative estimate of drug-likeness (QED) is 0.800. The predicted octanol–water partition coefficient (Wildman–Crippen LogP) is 3.29. The van der Waals surface area contributed by atoms with Crippen LogP contribution in [0.2, 0.25) is 0 Å². The fourth-order valence-corrected chi connectivity index (χ4v) is 2.17. The lowest BCUT2D eigenvalue weighted by Gasteiger charge is -2.19. The molecular formula is C17H25N3O. The summed E-state index contributed by atoms with van der Waals surface area (Å²) in [4.78, 5) is 4.46. The van der Waals surface area contributed by atoms with Crippen molar-refractivity contribution in [3.8, 4) is 5.75 Å². The molecule has 0 unspecified atom stereocenters. The van der Waals surface area contributed by atoms with Crippen LogP contribution in [0.4, 0.5) is 5.69 Å². The van der Waals surface area contributed by atoms with E-state index < -0.39 is 0 Å². The summed E-state index contributed by atoms with van der Waals surface area (Å²) < 4.78 is 5.35. The maximum absolute atomic E-state index is 5.35. The molecule has 4 heteroatoms. The minimum Gasteiger partial charge on any atom is -0.497 e. The minimum absolute atomic E-state index is 0.310. The molecule has 0 aliphatic heterocycles. The molecule has 0 amide bonds. The first kappa shape index (κ1) is 15.6. The van der Waals surface area contributed by atoms with E-state index in [0.29, 0.717) is 5.41 Å². The summed E-state index contributed by atoms with van der Waals surface area (Å²) in [6.45, 7) is 9.47. The first-order chi connectivity index (χ1) is 9.99. The molecule has 1 aromatic heterocycles. The summed E-state index contributed by atoms with van der Waals surface area (Å²) in [6, 6.07) is 7.99. The highest BCUT2D eigenvalue weighted by Crippen LogP contribution is 2.27. The Labute approximate surface area is 126 Å². The third-order valence-electron chi connectivity index (χ3n) is 3.19. The van der Waals surface area contributed by atoms with Crippen LogP contribution in [0.5, 0.6) is 5.75 Å². The fourth-order valence-electron chi connectivity index (χ4n) is 2.17. The maximum atomic E-state index is 5.35. The van der Waals surface area contributed by atoms with Crippen molar-refractivity contribution in [2.75, 3.05) is 32.1 Å². The molecule has 2 N–H and O–H groups in total. The second-order valence-electron chi connectivity index (χ2n) is 6.41. The molecule has 114 valence electrons.